The third-order valence-corrected chi connectivity index (χ3v) is 4.00. The molecular weight excluding hydrogens is 294 g/mol. The monoisotopic (exact) mass is 318 g/mol. The van der Waals surface area contributed by atoms with Crippen LogP contribution < -0.4 is 9.30 Å². The highest BCUT2D eigenvalue weighted by Gasteiger charge is 2.01. The molecule has 2 aromatic rings. The molecule has 3 heteroatoms. The molecule has 0 amide bonds. The first-order chi connectivity index (χ1) is 10.6. The van der Waals surface area contributed by atoms with Gasteiger partial charge in [0.1, 0.15) is 12.3 Å². The van der Waals surface area contributed by atoms with Crippen molar-refractivity contribution in [2.24, 2.45) is 0 Å². The first kappa shape index (κ1) is 16.8. The minimum atomic E-state index is 0.762. The van der Waals surface area contributed by atoms with Gasteiger partial charge in [0.05, 0.1) is 6.61 Å². The second kappa shape index (κ2) is 8.79. The predicted molar refractivity (Wildman–Crippen MR) is 91.5 cm³/mol. The van der Waals surface area contributed by atoms with Gasteiger partial charge in [-0.15, -0.1) is 0 Å². The second-order valence-electron chi connectivity index (χ2n) is 5.79. The Labute approximate surface area is 138 Å². The van der Waals surface area contributed by atoms with Crippen molar-refractivity contribution in [2.45, 2.75) is 46.1 Å². The van der Waals surface area contributed by atoms with Gasteiger partial charge in [0, 0.05) is 23.6 Å². The van der Waals surface area contributed by atoms with E-state index in [2.05, 4.69) is 36.0 Å². The lowest BCUT2D eigenvalue weighted by Crippen LogP contribution is -2.32. The minimum absolute atomic E-state index is 0.762. The fourth-order valence-electron chi connectivity index (χ4n) is 2.39. The molecule has 1 heterocycles. The molecular formula is C19H25ClNO+. The summed E-state index contributed by atoms with van der Waals surface area (Å²) in [5.74, 6) is 0.944. The summed E-state index contributed by atoms with van der Waals surface area (Å²) in [6, 6.07) is 10.1. The van der Waals surface area contributed by atoms with E-state index < -0.39 is 0 Å². The van der Waals surface area contributed by atoms with Crippen LogP contribution in [0.2, 0.25) is 5.02 Å². The van der Waals surface area contributed by atoms with E-state index in [-0.39, 0.29) is 0 Å². The summed E-state index contributed by atoms with van der Waals surface area (Å²) in [4.78, 5) is 0. The molecule has 1 aromatic carbocycles. The summed E-state index contributed by atoms with van der Waals surface area (Å²) < 4.78 is 8.06. The van der Waals surface area contributed by atoms with Crippen molar-refractivity contribution in [3.8, 4) is 5.75 Å². The second-order valence-corrected chi connectivity index (χ2v) is 6.22. The Hall–Kier alpha value is -1.54. The number of rotatable bonds is 8. The Bertz CT molecular complexity index is 580. The number of hydrogen-bond acceptors (Lipinski definition) is 1. The lowest BCUT2D eigenvalue weighted by Gasteiger charge is -2.09. The molecule has 2 nitrogen and oxygen atoms in total. The predicted octanol–water partition coefficient (Wildman–Crippen LogP) is 4.88. The lowest BCUT2D eigenvalue weighted by molar-refractivity contribution is -0.697. The zero-order valence-electron chi connectivity index (χ0n) is 13.5. The topological polar surface area (TPSA) is 13.1 Å². The van der Waals surface area contributed by atoms with Gasteiger partial charge in [-0.2, -0.15) is 0 Å². The number of unbranched alkanes of at least 4 members (excludes halogenated alkanes) is 3. The highest BCUT2D eigenvalue weighted by atomic mass is 35.5. The molecule has 0 fully saturated rings. The van der Waals surface area contributed by atoms with E-state index in [9.17, 15) is 0 Å². The Kier molecular flexibility index (Phi) is 6.73. The third kappa shape index (κ3) is 5.69. The Morgan fingerprint density at radius 1 is 0.955 bits per heavy atom. The van der Waals surface area contributed by atoms with Crippen LogP contribution in [0.4, 0.5) is 0 Å². The van der Waals surface area contributed by atoms with Crippen LogP contribution in [0.15, 0.2) is 42.7 Å². The van der Waals surface area contributed by atoms with Gasteiger partial charge < -0.3 is 4.74 Å². The van der Waals surface area contributed by atoms with Crippen molar-refractivity contribution >= 4 is 11.6 Å². The molecule has 1 aromatic heterocycles. The molecule has 0 aliphatic heterocycles. The number of aromatic nitrogens is 1. The number of ether oxygens (including phenoxy) is 1. The van der Waals surface area contributed by atoms with Gasteiger partial charge in [-0.05, 0) is 62.4 Å². The summed E-state index contributed by atoms with van der Waals surface area (Å²) in [6.45, 7) is 6.02. The number of aryl methyl sites for hydroxylation is 3. The first-order valence-corrected chi connectivity index (χ1v) is 8.37. The van der Waals surface area contributed by atoms with Crippen molar-refractivity contribution in [3.63, 3.8) is 0 Å². The quantitative estimate of drug-likeness (QED) is 0.499. The Morgan fingerprint density at radius 2 is 1.68 bits per heavy atom. The highest BCUT2D eigenvalue weighted by Crippen LogP contribution is 2.22. The maximum atomic E-state index is 5.94. The fourth-order valence-corrected chi connectivity index (χ4v) is 2.61. The molecule has 118 valence electrons. The summed E-state index contributed by atoms with van der Waals surface area (Å²) in [7, 11) is 0. The van der Waals surface area contributed by atoms with Crippen LogP contribution in [0, 0.1) is 13.8 Å². The summed E-state index contributed by atoms with van der Waals surface area (Å²) in [6.07, 6.45) is 9.07. The zero-order valence-corrected chi connectivity index (χ0v) is 14.3. The van der Waals surface area contributed by atoms with E-state index in [1.54, 1.807) is 0 Å². The van der Waals surface area contributed by atoms with Crippen LogP contribution in [-0.4, -0.2) is 6.61 Å². The van der Waals surface area contributed by atoms with Crippen molar-refractivity contribution in [1.82, 2.24) is 0 Å². The van der Waals surface area contributed by atoms with E-state index in [4.69, 9.17) is 16.3 Å². The van der Waals surface area contributed by atoms with Gasteiger partial charge in [-0.25, -0.2) is 4.57 Å². The molecule has 0 spiro atoms. The standard InChI is InChI=1S/C19H25ClNO/c1-16-9-12-21(13-10-16)11-5-3-4-6-14-22-19-8-7-18(20)15-17(19)2/h7-10,12-13,15H,3-6,11,14H2,1-2H3/q+1. The third-order valence-electron chi connectivity index (χ3n) is 3.76. The van der Waals surface area contributed by atoms with Crippen molar-refractivity contribution < 1.29 is 9.30 Å². The van der Waals surface area contributed by atoms with Gasteiger partial charge in [0.15, 0.2) is 12.4 Å². The molecule has 0 radical (unpaired) electrons. The minimum Gasteiger partial charge on any atom is -0.493 e. The van der Waals surface area contributed by atoms with Gasteiger partial charge in [-0.1, -0.05) is 11.6 Å². The van der Waals surface area contributed by atoms with Gasteiger partial charge >= 0.3 is 0 Å². The number of nitrogens with zero attached hydrogens (tertiary/aromatic N) is 1. The van der Waals surface area contributed by atoms with E-state index >= 15 is 0 Å². The summed E-state index contributed by atoms with van der Waals surface area (Å²) >= 11 is 5.94. The van der Waals surface area contributed by atoms with E-state index in [0.717, 1.165) is 35.9 Å². The van der Waals surface area contributed by atoms with Crippen LogP contribution in [0.3, 0.4) is 0 Å². The van der Waals surface area contributed by atoms with Crippen LogP contribution >= 0.6 is 11.6 Å². The molecule has 0 bridgehead atoms. The smallest absolute Gasteiger partial charge is 0.169 e. The van der Waals surface area contributed by atoms with Gasteiger partial charge in [-0.3, -0.25) is 0 Å². The fraction of sp³-hybridized carbons (Fsp3) is 0.421. The average Bonchev–Trinajstić information content (AvgIpc) is 2.50. The molecule has 22 heavy (non-hydrogen) atoms. The molecule has 0 atom stereocenters. The normalized spacial score (nSPS) is 10.7. The zero-order chi connectivity index (χ0) is 15.8. The number of halogens is 1. The molecule has 0 saturated carbocycles. The van der Waals surface area contributed by atoms with Crippen LogP contribution in [-0.2, 0) is 6.54 Å². The Balaban J connectivity index is 1.57. The molecule has 0 aliphatic rings. The van der Waals surface area contributed by atoms with Gasteiger partial charge in [0.25, 0.3) is 0 Å². The first-order valence-electron chi connectivity index (χ1n) is 8.00. The van der Waals surface area contributed by atoms with E-state index in [0.29, 0.717) is 0 Å². The maximum Gasteiger partial charge on any atom is 0.169 e. The Morgan fingerprint density at radius 3 is 2.41 bits per heavy atom. The summed E-state index contributed by atoms with van der Waals surface area (Å²) in [5, 5.41) is 0.762. The van der Waals surface area contributed by atoms with Crippen molar-refractivity contribution in [2.75, 3.05) is 6.61 Å². The number of hydrogen-bond donors (Lipinski definition) is 0. The molecule has 2 rings (SSSR count). The summed E-state index contributed by atoms with van der Waals surface area (Å²) in [5.41, 5.74) is 2.41. The number of benzene rings is 1. The molecule has 0 saturated heterocycles. The van der Waals surface area contributed by atoms with E-state index in [1.165, 1.54) is 24.8 Å². The van der Waals surface area contributed by atoms with Crippen LogP contribution in [0.1, 0.15) is 36.8 Å². The molecule has 0 N–H and O–H groups in total. The largest absolute Gasteiger partial charge is 0.493 e. The molecule has 0 aliphatic carbocycles. The van der Waals surface area contributed by atoms with Crippen molar-refractivity contribution in [1.29, 1.82) is 0 Å². The molecule has 0 unspecified atom stereocenters. The number of pyridine rings is 1. The maximum absolute atomic E-state index is 5.94. The van der Waals surface area contributed by atoms with E-state index in [1.807, 2.05) is 25.1 Å². The van der Waals surface area contributed by atoms with Crippen molar-refractivity contribution in [3.05, 3.63) is 58.9 Å². The highest BCUT2D eigenvalue weighted by molar-refractivity contribution is 6.30. The van der Waals surface area contributed by atoms with Crippen LogP contribution in [0.5, 0.6) is 5.75 Å². The lowest BCUT2D eigenvalue weighted by atomic mass is 10.2. The average molecular weight is 319 g/mol. The SMILES string of the molecule is Cc1cc[n+](CCCCCCOc2ccc(Cl)cc2C)cc1. The van der Waals surface area contributed by atoms with Gasteiger partial charge in [0.2, 0.25) is 0 Å². The van der Waals surface area contributed by atoms with Crippen LogP contribution in [0.25, 0.3) is 0 Å².